The normalized spacial score (nSPS) is 29.6. The molecule has 4 amide bonds. The van der Waals surface area contributed by atoms with E-state index in [2.05, 4.69) is 48.9 Å². The first-order valence-electron chi connectivity index (χ1n) is 22.1. The largest absolute Gasteiger partial charge is 0.481 e. The van der Waals surface area contributed by atoms with Gasteiger partial charge in [0.1, 0.15) is 0 Å². The molecule has 9 atom stereocenters. The monoisotopic (exact) mass is 826 g/mol. The molecule has 4 aliphatic carbocycles. The number of amides is 4. The number of aryl methyl sites for hydroxylation is 2. The van der Waals surface area contributed by atoms with Crippen molar-refractivity contribution in [3.8, 4) is 0 Å². The maximum Gasteiger partial charge on any atom is 0.303 e. The minimum atomic E-state index is -1.07. The third-order valence-corrected chi connectivity index (χ3v) is 15.5. The van der Waals surface area contributed by atoms with E-state index in [-0.39, 0.29) is 71.4 Å². The summed E-state index contributed by atoms with van der Waals surface area (Å²) in [5.74, 6) is -3.61. The Morgan fingerprint density at radius 2 is 1.30 bits per heavy atom. The summed E-state index contributed by atoms with van der Waals surface area (Å²) in [7, 11) is 0. The quantitative estimate of drug-likeness (QED) is 0.0961. The van der Waals surface area contributed by atoms with Crippen molar-refractivity contribution >= 4 is 46.8 Å². The highest BCUT2D eigenvalue weighted by atomic mass is 16.4. The molecule has 0 aromatic heterocycles. The number of carboxylic acid groups (broad SMARTS) is 1. The number of nitrogens with one attached hydrogen (secondary N) is 3. The van der Waals surface area contributed by atoms with Crippen LogP contribution in [-0.2, 0) is 52.4 Å². The SMILES string of the molecule is CC(C)[C@H](NC(=O)[C@H](N)CCC(=O)O)C(=O)C[C@@H](C)C(=O)Nc1ccc2c(c1)[C@@]1(C)CCC[C@](C)(C(=O)NC(=O)[C@@]3(C)CCC[C@]4(C)c5cc(N)ccc5CC[C@@H]34)[C@@H]1CC2. The van der Waals surface area contributed by atoms with Crippen LogP contribution in [0.2, 0.25) is 0 Å². The topological polar surface area (TPSA) is 211 Å². The van der Waals surface area contributed by atoms with Crippen LogP contribution in [-0.4, -0.2) is 52.6 Å². The summed E-state index contributed by atoms with van der Waals surface area (Å²) in [4.78, 5) is 79.7. The Kier molecular flexibility index (Phi) is 12.8. The molecule has 326 valence electrons. The molecule has 8 N–H and O–H groups in total. The summed E-state index contributed by atoms with van der Waals surface area (Å²) in [5, 5.41) is 17.7. The van der Waals surface area contributed by atoms with Gasteiger partial charge in [-0.2, -0.15) is 0 Å². The highest BCUT2D eigenvalue weighted by Gasteiger charge is 2.58. The Labute approximate surface area is 355 Å². The predicted molar refractivity (Wildman–Crippen MR) is 232 cm³/mol. The Morgan fingerprint density at radius 1 is 0.767 bits per heavy atom. The molecule has 2 aromatic rings. The summed E-state index contributed by atoms with van der Waals surface area (Å²) >= 11 is 0. The summed E-state index contributed by atoms with van der Waals surface area (Å²) < 4.78 is 0. The second-order valence-electron chi connectivity index (χ2n) is 20.0. The lowest BCUT2D eigenvalue weighted by Gasteiger charge is -2.56. The third-order valence-electron chi connectivity index (χ3n) is 15.5. The van der Waals surface area contributed by atoms with Gasteiger partial charge in [0.25, 0.3) is 0 Å². The van der Waals surface area contributed by atoms with Crippen molar-refractivity contribution in [1.82, 2.24) is 10.6 Å². The number of carboxylic acids is 1. The number of ketones is 1. The van der Waals surface area contributed by atoms with E-state index in [0.717, 1.165) is 69.0 Å². The number of aliphatic carboxylic acids is 1. The summed E-state index contributed by atoms with van der Waals surface area (Å²) in [6.45, 7) is 13.9. The van der Waals surface area contributed by atoms with E-state index in [9.17, 15) is 28.8 Å². The number of imide groups is 1. The number of rotatable bonds is 13. The van der Waals surface area contributed by atoms with Crippen LogP contribution in [0.3, 0.4) is 0 Å². The van der Waals surface area contributed by atoms with E-state index in [1.807, 2.05) is 31.2 Å². The van der Waals surface area contributed by atoms with Crippen molar-refractivity contribution in [2.24, 2.45) is 40.2 Å². The van der Waals surface area contributed by atoms with Gasteiger partial charge in [-0.1, -0.05) is 73.4 Å². The van der Waals surface area contributed by atoms with Crippen LogP contribution in [0.4, 0.5) is 11.4 Å². The first-order valence-corrected chi connectivity index (χ1v) is 22.1. The molecular formula is C48H67N5O7. The average Bonchev–Trinajstić information content (AvgIpc) is 3.18. The number of benzene rings is 2. The van der Waals surface area contributed by atoms with E-state index < -0.39 is 40.7 Å². The lowest BCUT2D eigenvalue weighted by molar-refractivity contribution is -0.150. The molecule has 0 aliphatic heterocycles. The molecule has 0 saturated heterocycles. The number of fused-ring (bicyclic) bond motifs is 6. The van der Waals surface area contributed by atoms with Gasteiger partial charge < -0.3 is 27.2 Å². The van der Waals surface area contributed by atoms with E-state index in [4.69, 9.17) is 16.6 Å². The highest BCUT2D eigenvalue weighted by molar-refractivity contribution is 6.01. The second-order valence-corrected chi connectivity index (χ2v) is 20.0. The molecule has 0 heterocycles. The van der Waals surface area contributed by atoms with Gasteiger partial charge >= 0.3 is 5.97 Å². The minimum Gasteiger partial charge on any atom is -0.481 e. The molecule has 60 heavy (non-hydrogen) atoms. The summed E-state index contributed by atoms with van der Waals surface area (Å²) in [6, 6.07) is 10.2. The van der Waals surface area contributed by atoms with Crippen molar-refractivity contribution in [2.45, 2.75) is 155 Å². The van der Waals surface area contributed by atoms with Crippen molar-refractivity contribution in [3.05, 3.63) is 58.7 Å². The van der Waals surface area contributed by atoms with Gasteiger partial charge in [0.2, 0.25) is 23.6 Å². The summed E-state index contributed by atoms with van der Waals surface area (Å²) in [6.07, 6.45) is 7.88. The van der Waals surface area contributed by atoms with Gasteiger partial charge in [0.05, 0.1) is 22.9 Å². The van der Waals surface area contributed by atoms with Crippen LogP contribution in [0.5, 0.6) is 0 Å². The van der Waals surface area contributed by atoms with Gasteiger partial charge in [-0.15, -0.1) is 0 Å². The molecule has 2 fully saturated rings. The Balaban J connectivity index is 1.14. The van der Waals surface area contributed by atoms with Gasteiger partial charge in [-0.25, -0.2) is 0 Å². The standard InChI is InChI=1S/C48H67N5O7/c1-27(2)40(52-42(58)35(50)16-19-39(55)56)36(54)24-28(3)41(57)51-32-15-11-30-13-18-38-46(5,34(30)26-32)21-9-23-48(38,7)44(60)53-43(59)47(6)22-8-20-45(4)33-25-31(49)14-10-29(33)12-17-37(45)47/h10-11,14-15,25-28,35,37-38,40H,8-9,12-13,16-24,49-50H2,1-7H3,(H,51,57)(H,52,58)(H,55,56)(H,53,59,60)/t28-,35-,37-,38-,40+,45-,46-,47+,48+/m1/s1. The fourth-order valence-corrected chi connectivity index (χ4v) is 12.0. The van der Waals surface area contributed by atoms with E-state index in [1.165, 1.54) is 16.7 Å². The molecule has 0 bridgehead atoms. The first-order chi connectivity index (χ1) is 28.1. The van der Waals surface area contributed by atoms with E-state index in [0.29, 0.717) is 12.1 Å². The van der Waals surface area contributed by atoms with Crippen LogP contribution in [0.1, 0.15) is 141 Å². The van der Waals surface area contributed by atoms with Crippen LogP contribution in [0.25, 0.3) is 0 Å². The molecule has 2 aromatic carbocycles. The zero-order chi connectivity index (χ0) is 43.9. The van der Waals surface area contributed by atoms with Gasteiger partial charge in [-0.05, 0) is 133 Å². The number of carbonyl (C=O) groups excluding carboxylic acids is 5. The molecule has 0 unspecified atom stereocenters. The van der Waals surface area contributed by atoms with Gasteiger partial charge in [-0.3, -0.25) is 34.1 Å². The lowest BCUT2D eigenvalue weighted by atomic mass is 9.49. The van der Waals surface area contributed by atoms with Crippen LogP contribution in [0.15, 0.2) is 36.4 Å². The van der Waals surface area contributed by atoms with Crippen LogP contribution < -0.4 is 27.4 Å². The fourth-order valence-electron chi connectivity index (χ4n) is 12.0. The number of Topliss-reactive ketones (excluding diaryl/α,β-unsaturated/α-hetero) is 1. The molecule has 12 heteroatoms. The van der Waals surface area contributed by atoms with Crippen molar-refractivity contribution in [2.75, 3.05) is 11.1 Å². The number of anilines is 2. The third kappa shape index (κ3) is 8.37. The number of hydrogen-bond acceptors (Lipinski definition) is 8. The predicted octanol–water partition coefficient (Wildman–Crippen LogP) is 6.50. The number of nitrogens with two attached hydrogens (primary N) is 2. The molecule has 2 saturated carbocycles. The smallest absolute Gasteiger partial charge is 0.303 e. The Hall–Kier alpha value is -4.58. The van der Waals surface area contributed by atoms with E-state index in [1.54, 1.807) is 20.8 Å². The first kappa shape index (κ1) is 45.0. The van der Waals surface area contributed by atoms with Crippen LogP contribution >= 0.6 is 0 Å². The number of nitrogen functional groups attached to an aromatic ring is 1. The lowest BCUT2D eigenvalue weighted by Crippen LogP contribution is -2.60. The van der Waals surface area contributed by atoms with Crippen molar-refractivity contribution < 1.29 is 33.9 Å². The minimum absolute atomic E-state index is 0.0315. The maximum absolute atomic E-state index is 14.6. The zero-order valence-corrected chi connectivity index (χ0v) is 36.7. The van der Waals surface area contributed by atoms with Crippen molar-refractivity contribution in [3.63, 3.8) is 0 Å². The van der Waals surface area contributed by atoms with Gasteiger partial charge in [0, 0.05) is 30.1 Å². The fraction of sp³-hybridized carbons (Fsp3) is 0.625. The number of hydrogen-bond donors (Lipinski definition) is 6. The van der Waals surface area contributed by atoms with Crippen molar-refractivity contribution in [1.29, 1.82) is 0 Å². The number of carbonyl (C=O) groups is 6. The second kappa shape index (κ2) is 17.1. The zero-order valence-electron chi connectivity index (χ0n) is 36.7. The molecule has 12 nitrogen and oxygen atoms in total. The van der Waals surface area contributed by atoms with Crippen LogP contribution in [0, 0.1) is 34.5 Å². The highest BCUT2D eigenvalue weighted by Crippen LogP contribution is 2.59. The molecule has 0 spiro atoms. The molecule has 0 radical (unpaired) electrons. The van der Waals surface area contributed by atoms with E-state index >= 15 is 0 Å². The molecule has 4 aliphatic rings. The molecule has 6 rings (SSSR count). The maximum atomic E-state index is 14.6. The summed E-state index contributed by atoms with van der Waals surface area (Å²) in [5.41, 5.74) is 16.3. The average molecular weight is 826 g/mol. The molecular weight excluding hydrogens is 759 g/mol. The Morgan fingerprint density at radius 3 is 1.83 bits per heavy atom. The van der Waals surface area contributed by atoms with Gasteiger partial charge in [0.15, 0.2) is 5.78 Å². The Bertz CT molecular complexity index is 2050.